The van der Waals surface area contributed by atoms with Gasteiger partial charge in [-0.3, -0.25) is 0 Å². The number of hydrogen-bond acceptors (Lipinski definition) is 1. The fourth-order valence-corrected chi connectivity index (χ4v) is 10.9. The van der Waals surface area contributed by atoms with Crippen molar-refractivity contribution < 1.29 is 4.39 Å². The first-order valence-corrected chi connectivity index (χ1v) is 23.5. The zero-order valence-electron chi connectivity index (χ0n) is 39.5. The molecular formula is C60H66FN. The summed E-state index contributed by atoms with van der Waals surface area (Å²) in [6.45, 7) is 28.7. The normalized spacial score (nSPS) is 17.9. The highest BCUT2D eigenvalue weighted by molar-refractivity contribution is 5.94. The molecule has 1 N–H and O–H groups in total. The van der Waals surface area contributed by atoms with Crippen LogP contribution in [0.1, 0.15) is 158 Å². The third-order valence-corrected chi connectivity index (χ3v) is 14.4. The maximum atomic E-state index is 13.7. The van der Waals surface area contributed by atoms with E-state index in [1.165, 1.54) is 111 Å². The predicted molar refractivity (Wildman–Crippen MR) is 266 cm³/mol. The standard InChI is InChI=1S/C54H48FN.3C2H6/c1-30-8-10-31(11-9-30)33-16-20-38-40-26-48-42(28-46(40)52(2,3)44(38)22-33)43-29-47-41(27-49(43)54(48,6)7)39-21-17-35(23-45(39)53(47,4)5)51-25-36-13-12-34(24-50(36)56-51)32-14-18-37(55)19-15-32;3*1-2/h8-14,16-18,20-24,26-29,51,56H,15,19,25H2,1-7H3;3*1-2H3. The molecule has 0 amide bonds. The Labute approximate surface area is 372 Å². The number of allylic oxidation sites excluding steroid dienone is 4. The van der Waals surface area contributed by atoms with Crippen molar-refractivity contribution in [2.75, 3.05) is 5.32 Å². The minimum absolute atomic E-state index is 0.0283. The largest absolute Gasteiger partial charge is 0.378 e. The molecule has 0 fully saturated rings. The van der Waals surface area contributed by atoms with Crippen molar-refractivity contribution in [2.45, 2.75) is 132 Å². The highest BCUT2D eigenvalue weighted by atomic mass is 19.1. The van der Waals surface area contributed by atoms with Gasteiger partial charge in [0.15, 0.2) is 0 Å². The highest BCUT2D eigenvalue weighted by Crippen LogP contribution is 2.59. The molecule has 318 valence electrons. The topological polar surface area (TPSA) is 12.0 Å². The minimum atomic E-state index is -0.129. The Morgan fingerprint density at radius 1 is 0.468 bits per heavy atom. The SMILES string of the molecule is CC.CC.CC.Cc1ccc(-c2ccc3c(c2)C(C)(C)c2cc4c(cc2-3)C(C)(C)c2cc3c(cc2-4)C(C)(C)c2cc(C4Cc5ccc(C6=CC=C(F)CC6)cc5N4)ccc2-3)cc1. The van der Waals surface area contributed by atoms with Crippen LogP contribution in [0.15, 0.2) is 121 Å². The van der Waals surface area contributed by atoms with Crippen molar-refractivity contribution >= 4 is 11.3 Å². The van der Waals surface area contributed by atoms with Crippen molar-refractivity contribution in [2.24, 2.45) is 0 Å². The molecule has 0 spiro atoms. The van der Waals surface area contributed by atoms with Crippen LogP contribution in [-0.2, 0) is 22.7 Å². The Hall–Kier alpha value is -5.47. The Kier molecular flexibility index (Phi) is 11.2. The summed E-state index contributed by atoms with van der Waals surface area (Å²) in [4.78, 5) is 0. The van der Waals surface area contributed by atoms with E-state index in [1.54, 1.807) is 6.08 Å². The van der Waals surface area contributed by atoms with Gasteiger partial charge in [0.25, 0.3) is 0 Å². The number of rotatable bonds is 3. The van der Waals surface area contributed by atoms with E-state index in [1.807, 2.05) is 47.6 Å². The molecule has 1 aliphatic heterocycles. The van der Waals surface area contributed by atoms with Crippen LogP contribution < -0.4 is 5.32 Å². The van der Waals surface area contributed by atoms with Crippen molar-refractivity contribution in [3.05, 3.63) is 177 Å². The summed E-state index contributed by atoms with van der Waals surface area (Å²) in [5.41, 5.74) is 26.7. The van der Waals surface area contributed by atoms with Gasteiger partial charge in [0.2, 0.25) is 0 Å². The molecule has 5 aliphatic rings. The summed E-state index contributed by atoms with van der Waals surface area (Å²) in [5, 5.41) is 3.87. The second kappa shape index (κ2) is 16.0. The zero-order chi connectivity index (χ0) is 44.5. The molecule has 1 nitrogen and oxygen atoms in total. The molecule has 0 saturated heterocycles. The van der Waals surface area contributed by atoms with Crippen molar-refractivity contribution in [3.63, 3.8) is 0 Å². The van der Waals surface area contributed by atoms with E-state index < -0.39 is 0 Å². The van der Waals surface area contributed by atoms with Gasteiger partial charge in [0, 0.05) is 28.4 Å². The monoisotopic (exact) mass is 820 g/mol. The first kappa shape index (κ1) is 43.2. The number of benzene rings is 6. The average Bonchev–Trinajstić information content (AvgIpc) is 3.96. The van der Waals surface area contributed by atoms with Crippen LogP contribution in [0, 0.1) is 6.92 Å². The zero-order valence-corrected chi connectivity index (χ0v) is 39.5. The summed E-state index contributed by atoms with van der Waals surface area (Å²) in [7, 11) is 0. The van der Waals surface area contributed by atoms with Crippen LogP contribution in [-0.4, -0.2) is 0 Å². The fraction of sp³-hybridized carbons (Fsp3) is 0.333. The molecule has 4 aliphatic carbocycles. The summed E-state index contributed by atoms with van der Waals surface area (Å²) >= 11 is 0. The van der Waals surface area contributed by atoms with Crippen LogP contribution in [0.3, 0.4) is 0 Å². The molecule has 1 atom stereocenters. The quantitative estimate of drug-likeness (QED) is 0.188. The minimum Gasteiger partial charge on any atom is -0.378 e. The van der Waals surface area contributed by atoms with E-state index in [4.69, 9.17) is 0 Å². The first-order chi connectivity index (χ1) is 29.8. The molecule has 2 heteroatoms. The number of fused-ring (bicyclic) bond motifs is 10. The van der Waals surface area contributed by atoms with Gasteiger partial charge in [0.1, 0.15) is 5.83 Å². The number of anilines is 1. The number of aryl methyl sites for hydroxylation is 1. The van der Waals surface area contributed by atoms with Gasteiger partial charge in [0.05, 0.1) is 6.04 Å². The Morgan fingerprint density at radius 2 is 0.935 bits per heavy atom. The third-order valence-electron chi connectivity index (χ3n) is 14.4. The summed E-state index contributed by atoms with van der Waals surface area (Å²) in [5.74, 6) is -0.0283. The average molecular weight is 820 g/mol. The Balaban J connectivity index is 0.000000847. The number of nitrogens with one attached hydrogen (secondary N) is 1. The maximum absolute atomic E-state index is 13.7. The smallest absolute Gasteiger partial charge is 0.100 e. The van der Waals surface area contributed by atoms with Gasteiger partial charge in [-0.2, -0.15) is 0 Å². The first-order valence-electron chi connectivity index (χ1n) is 23.5. The molecular weight excluding hydrogens is 754 g/mol. The third kappa shape index (κ3) is 6.63. The highest BCUT2D eigenvalue weighted by Gasteiger charge is 2.45. The lowest BCUT2D eigenvalue weighted by molar-refractivity contribution is 0.590. The van der Waals surface area contributed by atoms with Gasteiger partial charge in [-0.1, -0.05) is 161 Å². The van der Waals surface area contributed by atoms with E-state index in [9.17, 15) is 4.39 Å². The number of halogens is 1. The fourth-order valence-electron chi connectivity index (χ4n) is 10.9. The van der Waals surface area contributed by atoms with Gasteiger partial charge in [-0.25, -0.2) is 4.39 Å². The van der Waals surface area contributed by atoms with Crippen LogP contribution in [0.2, 0.25) is 0 Å². The van der Waals surface area contributed by atoms with E-state index in [0.29, 0.717) is 6.42 Å². The van der Waals surface area contributed by atoms with Gasteiger partial charge in [-0.05, 0) is 162 Å². The maximum Gasteiger partial charge on any atom is 0.100 e. The summed E-state index contributed by atoms with van der Waals surface area (Å²) < 4.78 is 13.7. The second-order valence-electron chi connectivity index (χ2n) is 18.8. The van der Waals surface area contributed by atoms with Crippen LogP contribution in [0.5, 0.6) is 0 Å². The molecule has 0 bridgehead atoms. The molecule has 0 saturated carbocycles. The molecule has 6 aromatic rings. The molecule has 1 unspecified atom stereocenters. The van der Waals surface area contributed by atoms with Gasteiger partial charge >= 0.3 is 0 Å². The lowest BCUT2D eigenvalue weighted by atomic mass is 9.78. The van der Waals surface area contributed by atoms with Crippen molar-refractivity contribution in [1.29, 1.82) is 0 Å². The lowest BCUT2D eigenvalue weighted by Crippen LogP contribution is -2.17. The van der Waals surface area contributed by atoms with E-state index in [0.717, 1.165) is 12.8 Å². The molecule has 62 heavy (non-hydrogen) atoms. The van der Waals surface area contributed by atoms with Gasteiger partial charge < -0.3 is 5.32 Å². The second-order valence-corrected chi connectivity index (χ2v) is 18.8. The molecule has 0 radical (unpaired) electrons. The van der Waals surface area contributed by atoms with E-state index in [2.05, 4.69) is 157 Å². The molecule has 11 rings (SSSR count). The van der Waals surface area contributed by atoms with Crippen LogP contribution in [0.4, 0.5) is 10.1 Å². The molecule has 0 aromatic heterocycles. The van der Waals surface area contributed by atoms with Crippen LogP contribution >= 0.6 is 0 Å². The van der Waals surface area contributed by atoms with E-state index in [-0.39, 0.29) is 28.1 Å². The predicted octanol–water partition coefficient (Wildman–Crippen LogP) is 17.4. The Morgan fingerprint density at radius 3 is 1.47 bits per heavy atom. The summed E-state index contributed by atoms with van der Waals surface area (Å²) in [6, 6.07) is 40.4. The molecule has 6 aromatic carbocycles. The lowest BCUT2D eigenvalue weighted by Gasteiger charge is -2.25. The van der Waals surface area contributed by atoms with Crippen molar-refractivity contribution in [3.8, 4) is 44.5 Å². The number of hydrogen-bond donors (Lipinski definition) is 1. The summed E-state index contributed by atoms with van der Waals surface area (Å²) in [6.07, 6.45) is 5.77. The Bertz CT molecular complexity index is 2790. The molecule has 1 heterocycles. The van der Waals surface area contributed by atoms with E-state index >= 15 is 0 Å². The van der Waals surface area contributed by atoms with Gasteiger partial charge in [-0.15, -0.1) is 0 Å². The van der Waals surface area contributed by atoms with Crippen molar-refractivity contribution in [1.82, 2.24) is 0 Å². The van der Waals surface area contributed by atoms with Crippen LogP contribution in [0.25, 0.3) is 50.1 Å².